The first-order valence-electron chi connectivity index (χ1n) is 10.1. The fraction of sp³-hybridized carbons (Fsp3) is 0.857. The predicted molar refractivity (Wildman–Crippen MR) is 92.2 cm³/mol. The molecule has 132 valence electrons. The molecule has 0 spiro atoms. The van der Waals surface area contributed by atoms with Crippen LogP contribution in [0.15, 0.2) is 11.6 Å². The topological polar surface area (TPSA) is 53.9 Å². The number of hydrogen-bond acceptors (Lipinski definition) is 2. The van der Waals surface area contributed by atoms with Crippen molar-refractivity contribution >= 4 is 5.78 Å². The average molecular weight is 330 g/mol. The number of allylic oxidation sites excluding steroid dienone is 1. The van der Waals surface area contributed by atoms with E-state index < -0.39 is 0 Å². The molecule has 4 fully saturated rings. The normalized spacial score (nSPS) is 58.0. The number of aliphatic hydroxyl groups excluding tert-OH is 1. The van der Waals surface area contributed by atoms with Gasteiger partial charge in [-0.3, -0.25) is 4.79 Å². The molecule has 0 unspecified atom stereocenters. The first-order valence-corrected chi connectivity index (χ1v) is 10.1. The molecular formula is C21H32NO2+. The van der Waals surface area contributed by atoms with Gasteiger partial charge in [-0.15, -0.1) is 0 Å². The fourth-order valence-corrected chi connectivity index (χ4v) is 8.10. The van der Waals surface area contributed by atoms with E-state index in [1.54, 1.807) is 5.57 Å². The van der Waals surface area contributed by atoms with Gasteiger partial charge in [0.25, 0.3) is 0 Å². The lowest BCUT2D eigenvalue weighted by atomic mass is 9.46. The second-order valence-corrected chi connectivity index (χ2v) is 10.0. The van der Waals surface area contributed by atoms with Crippen LogP contribution in [0.2, 0.25) is 0 Å². The fourth-order valence-electron chi connectivity index (χ4n) is 8.10. The Hall–Kier alpha value is -0.670. The quantitative estimate of drug-likeness (QED) is 0.572. The monoisotopic (exact) mass is 330 g/mol. The van der Waals surface area contributed by atoms with Crippen molar-refractivity contribution in [3.8, 4) is 0 Å². The van der Waals surface area contributed by atoms with Gasteiger partial charge in [0, 0.05) is 18.8 Å². The number of carbonyl (C=O) groups excluding carboxylic acids is 1. The van der Waals surface area contributed by atoms with Crippen molar-refractivity contribution in [3.05, 3.63) is 11.6 Å². The van der Waals surface area contributed by atoms with E-state index >= 15 is 0 Å². The van der Waals surface area contributed by atoms with Crippen LogP contribution in [0.5, 0.6) is 0 Å². The van der Waals surface area contributed by atoms with Crippen LogP contribution < -0.4 is 5.32 Å². The molecule has 0 aromatic heterocycles. The number of rotatable bonds is 1. The molecule has 1 heterocycles. The van der Waals surface area contributed by atoms with Crippen LogP contribution in [0.1, 0.15) is 65.7 Å². The summed E-state index contributed by atoms with van der Waals surface area (Å²) in [7, 11) is 0. The summed E-state index contributed by atoms with van der Waals surface area (Å²) in [6.45, 7) is 6.75. The second-order valence-electron chi connectivity index (χ2n) is 10.0. The second kappa shape index (κ2) is 4.54. The molecule has 24 heavy (non-hydrogen) atoms. The molecule has 1 saturated heterocycles. The first kappa shape index (κ1) is 15.6. The maximum absolute atomic E-state index is 12.5. The van der Waals surface area contributed by atoms with E-state index in [-0.39, 0.29) is 17.1 Å². The van der Waals surface area contributed by atoms with Gasteiger partial charge >= 0.3 is 0 Å². The molecule has 3 N–H and O–H groups in total. The summed E-state index contributed by atoms with van der Waals surface area (Å²) in [4.78, 5) is 12.5. The zero-order valence-corrected chi connectivity index (χ0v) is 15.3. The zero-order valence-electron chi connectivity index (χ0n) is 15.3. The average Bonchev–Trinajstić information content (AvgIpc) is 3.21. The molecular weight excluding hydrogens is 298 g/mol. The van der Waals surface area contributed by atoms with Crippen LogP contribution in [-0.4, -0.2) is 28.6 Å². The van der Waals surface area contributed by atoms with Gasteiger partial charge in [-0.2, -0.15) is 0 Å². The Labute approximate surface area is 145 Å². The molecule has 3 saturated carbocycles. The van der Waals surface area contributed by atoms with Crippen molar-refractivity contribution in [1.82, 2.24) is 0 Å². The van der Waals surface area contributed by atoms with Crippen LogP contribution in [0, 0.1) is 28.6 Å². The number of quaternary nitrogens is 1. The van der Waals surface area contributed by atoms with E-state index in [1.165, 1.54) is 25.7 Å². The van der Waals surface area contributed by atoms with Gasteiger partial charge in [-0.05, 0) is 61.7 Å². The Morgan fingerprint density at radius 2 is 2.04 bits per heavy atom. The Kier molecular flexibility index (Phi) is 2.94. The summed E-state index contributed by atoms with van der Waals surface area (Å²) >= 11 is 0. The van der Waals surface area contributed by atoms with Crippen molar-refractivity contribution in [2.24, 2.45) is 28.6 Å². The minimum absolute atomic E-state index is 0.0731. The number of hydrogen-bond donors (Lipinski definition) is 2. The molecule has 5 aliphatic rings. The molecule has 0 amide bonds. The lowest BCUT2D eigenvalue weighted by molar-refractivity contribution is -0.556. The number of ketones is 1. The summed E-state index contributed by atoms with van der Waals surface area (Å²) in [6.07, 6.45) is 10.3. The molecule has 4 aliphatic carbocycles. The number of nitrogens with two attached hydrogens (primary N) is 1. The number of piperidine rings is 1. The third-order valence-electron chi connectivity index (χ3n) is 9.44. The lowest BCUT2D eigenvalue weighted by Crippen LogP contribution is -2.77. The first-order chi connectivity index (χ1) is 11.3. The Morgan fingerprint density at radius 3 is 2.79 bits per heavy atom. The van der Waals surface area contributed by atoms with Crippen LogP contribution in [0.25, 0.3) is 0 Å². The number of aliphatic hydroxyl groups is 1. The third-order valence-corrected chi connectivity index (χ3v) is 9.44. The Bertz CT molecular complexity index is 642. The summed E-state index contributed by atoms with van der Waals surface area (Å²) in [6, 6.07) is 0.565. The number of fused-ring (bicyclic) bond motifs is 7. The van der Waals surface area contributed by atoms with Crippen LogP contribution in [0.3, 0.4) is 0 Å². The van der Waals surface area contributed by atoms with Gasteiger partial charge in [0.1, 0.15) is 0 Å². The van der Waals surface area contributed by atoms with Gasteiger partial charge in [0.2, 0.25) is 5.54 Å². The highest BCUT2D eigenvalue weighted by Crippen LogP contribution is 2.68. The highest BCUT2D eigenvalue weighted by Gasteiger charge is 2.82. The van der Waals surface area contributed by atoms with Crippen molar-refractivity contribution < 1.29 is 15.2 Å². The van der Waals surface area contributed by atoms with Crippen LogP contribution in [0.4, 0.5) is 0 Å². The predicted octanol–water partition coefficient (Wildman–Crippen LogP) is 2.19. The minimum Gasteiger partial charge on any atom is -0.393 e. The molecule has 3 heteroatoms. The van der Waals surface area contributed by atoms with Gasteiger partial charge in [0.15, 0.2) is 11.8 Å². The van der Waals surface area contributed by atoms with Gasteiger partial charge in [-0.1, -0.05) is 25.5 Å². The smallest absolute Gasteiger partial charge is 0.212 e. The number of Topliss-reactive ketones (excluding diaryl/α,β-unsaturated/α-hetero) is 1. The van der Waals surface area contributed by atoms with E-state index in [0.717, 1.165) is 37.0 Å². The third kappa shape index (κ3) is 1.60. The zero-order chi connectivity index (χ0) is 16.9. The summed E-state index contributed by atoms with van der Waals surface area (Å²) in [5.41, 5.74) is 1.99. The van der Waals surface area contributed by atoms with Crippen molar-refractivity contribution in [2.45, 2.75) is 83.4 Å². The standard InChI is InChI=1S/C21H31NO2/c1-12(23)21-18(22-21)11-17-15-5-4-13-10-14(24)6-8-19(13,2)16(15)7-9-20(17,21)3/h4,14-18,22,24H,5-11H2,1-3H3/p+1/t14-,15-,16-,17-,18+,19-,20-,21+/m0/s1. The molecule has 8 atom stereocenters. The molecule has 3 nitrogen and oxygen atoms in total. The van der Waals surface area contributed by atoms with Gasteiger partial charge in [-0.25, -0.2) is 0 Å². The van der Waals surface area contributed by atoms with Crippen molar-refractivity contribution in [2.75, 3.05) is 0 Å². The van der Waals surface area contributed by atoms with Crippen LogP contribution in [-0.2, 0) is 4.79 Å². The van der Waals surface area contributed by atoms with E-state index in [1.807, 2.05) is 6.92 Å². The Morgan fingerprint density at radius 1 is 1.25 bits per heavy atom. The molecule has 0 bridgehead atoms. The molecule has 5 rings (SSSR count). The summed E-state index contributed by atoms with van der Waals surface area (Å²) < 4.78 is 0. The van der Waals surface area contributed by atoms with E-state index in [9.17, 15) is 9.90 Å². The Balaban J connectivity index is 1.51. The maximum atomic E-state index is 12.5. The van der Waals surface area contributed by atoms with E-state index in [4.69, 9.17) is 0 Å². The minimum atomic E-state index is -0.121. The van der Waals surface area contributed by atoms with E-state index in [2.05, 4.69) is 25.2 Å². The number of carbonyl (C=O) groups is 1. The highest BCUT2D eigenvalue weighted by molar-refractivity contribution is 5.89. The summed E-state index contributed by atoms with van der Waals surface area (Å²) in [5, 5.41) is 12.5. The molecule has 0 aromatic rings. The van der Waals surface area contributed by atoms with Crippen LogP contribution >= 0.6 is 0 Å². The molecule has 0 aromatic carbocycles. The van der Waals surface area contributed by atoms with Crippen molar-refractivity contribution in [3.63, 3.8) is 0 Å². The summed E-state index contributed by atoms with van der Waals surface area (Å²) in [5.74, 6) is 2.67. The molecule has 1 aliphatic heterocycles. The van der Waals surface area contributed by atoms with Crippen molar-refractivity contribution in [1.29, 1.82) is 0 Å². The van der Waals surface area contributed by atoms with E-state index in [0.29, 0.717) is 17.2 Å². The maximum Gasteiger partial charge on any atom is 0.212 e. The van der Waals surface area contributed by atoms with Gasteiger partial charge < -0.3 is 10.4 Å². The molecule has 0 radical (unpaired) electrons. The largest absolute Gasteiger partial charge is 0.393 e. The lowest BCUT2D eigenvalue weighted by Gasteiger charge is -2.57. The highest BCUT2D eigenvalue weighted by atomic mass is 16.3. The SMILES string of the molecule is CC(=O)[C@@]12[NH2+][C@@H]1C[C@H]1[C@H]3CC=C4C[C@@H](O)CC[C@]4(C)[C@H]3CC[C@@]12C. The van der Waals surface area contributed by atoms with Gasteiger partial charge in [0.05, 0.1) is 6.10 Å².